The molecule has 3 aromatic heterocycles. The number of benzene rings is 1. The van der Waals surface area contributed by atoms with Gasteiger partial charge < -0.3 is 9.15 Å². The van der Waals surface area contributed by atoms with Crippen LogP contribution in [0.2, 0.25) is 0 Å². The molecule has 3 heterocycles. The lowest BCUT2D eigenvalue weighted by Crippen LogP contribution is -2.06. The van der Waals surface area contributed by atoms with Gasteiger partial charge in [0.1, 0.15) is 16.8 Å². The summed E-state index contributed by atoms with van der Waals surface area (Å²) in [6.45, 7) is 4.82. The minimum Gasteiger partial charge on any atom is -0.491 e. The van der Waals surface area contributed by atoms with Crippen LogP contribution in [0.1, 0.15) is 13.8 Å². The van der Waals surface area contributed by atoms with Gasteiger partial charge in [0.2, 0.25) is 0 Å². The Balaban J connectivity index is 1.85. The predicted molar refractivity (Wildman–Crippen MR) is 101 cm³/mol. The lowest BCUT2D eigenvalue weighted by Gasteiger charge is -2.11. The second kappa shape index (κ2) is 6.44. The molecule has 126 valence electrons. The minimum absolute atomic E-state index is 0.423. The maximum Gasteiger partial charge on any atom is 0.172 e. The van der Waals surface area contributed by atoms with E-state index in [0.29, 0.717) is 29.7 Å². The number of ether oxygens (including phenoxy) is 1. The van der Waals surface area contributed by atoms with E-state index in [1.54, 1.807) is 18.6 Å². The smallest absolute Gasteiger partial charge is 0.172 e. The summed E-state index contributed by atoms with van der Waals surface area (Å²) in [7, 11) is 0. The van der Waals surface area contributed by atoms with Gasteiger partial charge in [0.05, 0.1) is 24.6 Å². The molecule has 4 rings (SSSR count). The van der Waals surface area contributed by atoms with Gasteiger partial charge in [0, 0.05) is 16.1 Å². The van der Waals surface area contributed by atoms with E-state index >= 15 is 0 Å². The quantitative estimate of drug-likeness (QED) is 0.471. The maximum atomic E-state index is 5.88. The Morgan fingerprint density at radius 1 is 1.16 bits per heavy atom. The number of halogens is 1. The van der Waals surface area contributed by atoms with Crippen molar-refractivity contribution < 1.29 is 9.15 Å². The van der Waals surface area contributed by atoms with Crippen molar-refractivity contribution in [2.75, 3.05) is 6.61 Å². The van der Waals surface area contributed by atoms with Crippen molar-refractivity contribution in [1.29, 1.82) is 0 Å². The highest BCUT2D eigenvalue weighted by Crippen LogP contribution is 2.32. The Hall–Kier alpha value is -2.47. The lowest BCUT2D eigenvalue weighted by molar-refractivity contribution is 0.271. The van der Waals surface area contributed by atoms with Gasteiger partial charge in [-0.3, -0.25) is 4.98 Å². The van der Waals surface area contributed by atoms with Gasteiger partial charge in [-0.25, -0.2) is 9.97 Å². The van der Waals surface area contributed by atoms with Crippen molar-refractivity contribution >= 4 is 38.0 Å². The van der Waals surface area contributed by atoms with E-state index in [-0.39, 0.29) is 0 Å². The summed E-state index contributed by atoms with van der Waals surface area (Å²) < 4.78 is 12.7. The summed E-state index contributed by atoms with van der Waals surface area (Å²) in [5.41, 5.74) is 3.06. The average molecular weight is 398 g/mol. The van der Waals surface area contributed by atoms with Crippen molar-refractivity contribution in [1.82, 2.24) is 15.0 Å². The summed E-state index contributed by atoms with van der Waals surface area (Å²) in [5, 5.41) is 0.951. The monoisotopic (exact) mass is 397 g/mol. The molecule has 5 nitrogen and oxygen atoms in total. The minimum atomic E-state index is 0.423. The highest BCUT2D eigenvalue weighted by atomic mass is 79.9. The van der Waals surface area contributed by atoms with Gasteiger partial charge in [-0.1, -0.05) is 29.8 Å². The Labute approximate surface area is 153 Å². The first-order valence-corrected chi connectivity index (χ1v) is 8.83. The van der Waals surface area contributed by atoms with E-state index in [1.165, 1.54) is 0 Å². The van der Waals surface area contributed by atoms with Crippen molar-refractivity contribution in [3.63, 3.8) is 0 Å². The number of pyridine rings is 1. The van der Waals surface area contributed by atoms with Crippen molar-refractivity contribution in [2.45, 2.75) is 13.8 Å². The van der Waals surface area contributed by atoms with Crippen LogP contribution in [0.3, 0.4) is 0 Å². The lowest BCUT2D eigenvalue weighted by atomic mass is 10.2. The van der Waals surface area contributed by atoms with Crippen LogP contribution in [0.25, 0.3) is 33.5 Å². The fourth-order valence-electron chi connectivity index (χ4n) is 2.60. The summed E-state index contributed by atoms with van der Waals surface area (Å²) in [6.07, 6.45) is 5.13. The van der Waals surface area contributed by atoms with Crippen LogP contribution >= 0.6 is 15.9 Å². The zero-order chi connectivity index (χ0) is 17.4. The number of hydrogen-bond donors (Lipinski definition) is 0. The van der Waals surface area contributed by atoms with Crippen LogP contribution in [0.4, 0.5) is 0 Å². The first-order valence-electron chi connectivity index (χ1n) is 8.04. The zero-order valence-corrected chi connectivity index (χ0v) is 15.4. The highest BCUT2D eigenvalue weighted by Gasteiger charge is 2.14. The Morgan fingerprint density at radius 3 is 2.88 bits per heavy atom. The SMILES string of the molecule is CC(C)COc1cnccc1-c1ncc2oc3ccc(Br)cc3c2n1. The molecule has 0 fully saturated rings. The summed E-state index contributed by atoms with van der Waals surface area (Å²) >= 11 is 3.50. The maximum absolute atomic E-state index is 5.88. The zero-order valence-electron chi connectivity index (χ0n) is 13.9. The Bertz CT molecular complexity index is 1060. The van der Waals surface area contributed by atoms with E-state index < -0.39 is 0 Å². The molecule has 0 atom stereocenters. The number of furan rings is 1. The topological polar surface area (TPSA) is 61.0 Å². The van der Waals surface area contributed by atoms with Crippen LogP contribution in [-0.2, 0) is 0 Å². The molecule has 25 heavy (non-hydrogen) atoms. The molecule has 0 saturated heterocycles. The number of nitrogens with zero attached hydrogens (tertiary/aromatic N) is 3. The van der Waals surface area contributed by atoms with E-state index in [9.17, 15) is 0 Å². The van der Waals surface area contributed by atoms with Crippen molar-refractivity contribution in [2.24, 2.45) is 5.92 Å². The molecular weight excluding hydrogens is 382 g/mol. The van der Waals surface area contributed by atoms with E-state index in [2.05, 4.69) is 39.7 Å². The van der Waals surface area contributed by atoms with Crippen LogP contribution in [0.15, 0.2) is 51.7 Å². The third-order valence-electron chi connectivity index (χ3n) is 3.77. The second-order valence-electron chi connectivity index (χ2n) is 6.23. The molecule has 0 bridgehead atoms. The fraction of sp³-hybridized carbons (Fsp3) is 0.211. The highest BCUT2D eigenvalue weighted by molar-refractivity contribution is 9.10. The molecule has 0 aliphatic heterocycles. The van der Waals surface area contributed by atoms with E-state index in [4.69, 9.17) is 14.1 Å². The fourth-order valence-corrected chi connectivity index (χ4v) is 2.96. The summed E-state index contributed by atoms with van der Waals surface area (Å²) in [4.78, 5) is 13.3. The second-order valence-corrected chi connectivity index (χ2v) is 7.14. The van der Waals surface area contributed by atoms with Gasteiger partial charge in [0.25, 0.3) is 0 Å². The van der Waals surface area contributed by atoms with E-state index in [0.717, 1.165) is 26.5 Å². The van der Waals surface area contributed by atoms with Crippen LogP contribution in [-0.4, -0.2) is 21.6 Å². The van der Waals surface area contributed by atoms with Crippen molar-refractivity contribution in [3.05, 3.63) is 47.3 Å². The molecule has 0 amide bonds. The summed E-state index contributed by atoms with van der Waals surface area (Å²) in [6, 6.07) is 7.74. The van der Waals surface area contributed by atoms with Gasteiger partial charge in [0.15, 0.2) is 11.4 Å². The number of fused-ring (bicyclic) bond motifs is 3. The first-order chi connectivity index (χ1) is 12.1. The molecule has 4 aromatic rings. The molecule has 0 N–H and O–H groups in total. The summed E-state index contributed by atoms with van der Waals surface area (Å²) in [5.74, 6) is 1.70. The largest absolute Gasteiger partial charge is 0.491 e. The normalized spacial score (nSPS) is 11.5. The van der Waals surface area contributed by atoms with Crippen LogP contribution in [0, 0.1) is 5.92 Å². The molecule has 0 unspecified atom stereocenters. The molecule has 0 radical (unpaired) electrons. The average Bonchev–Trinajstić information content (AvgIpc) is 2.97. The van der Waals surface area contributed by atoms with Gasteiger partial charge in [-0.05, 0) is 30.2 Å². The van der Waals surface area contributed by atoms with Crippen LogP contribution in [0.5, 0.6) is 5.75 Å². The predicted octanol–water partition coefficient (Wildman–Crippen LogP) is 5.24. The molecule has 0 aliphatic rings. The molecule has 0 aliphatic carbocycles. The molecule has 6 heteroatoms. The van der Waals surface area contributed by atoms with E-state index in [1.807, 2.05) is 24.3 Å². The number of hydrogen-bond acceptors (Lipinski definition) is 5. The van der Waals surface area contributed by atoms with Gasteiger partial charge >= 0.3 is 0 Å². The molecule has 1 aromatic carbocycles. The Kier molecular flexibility index (Phi) is 4.13. The Morgan fingerprint density at radius 2 is 2.04 bits per heavy atom. The third kappa shape index (κ3) is 3.09. The standard InChI is InChI=1S/C19H16BrN3O2/c1-11(2)10-24-16-8-21-6-5-13(16)19-22-9-17-18(23-19)14-7-12(20)3-4-15(14)25-17/h3-9,11H,10H2,1-2H3. The molecule has 0 spiro atoms. The molecule has 0 saturated carbocycles. The third-order valence-corrected chi connectivity index (χ3v) is 4.26. The first kappa shape index (κ1) is 16.0. The van der Waals surface area contributed by atoms with Crippen molar-refractivity contribution in [3.8, 4) is 17.1 Å². The number of rotatable bonds is 4. The van der Waals surface area contributed by atoms with Crippen LogP contribution < -0.4 is 4.74 Å². The van der Waals surface area contributed by atoms with Gasteiger partial charge in [-0.15, -0.1) is 0 Å². The van der Waals surface area contributed by atoms with Gasteiger partial charge in [-0.2, -0.15) is 0 Å². The number of aromatic nitrogens is 3. The molecular formula is C19H16BrN3O2.